The predicted molar refractivity (Wildman–Crippen MR) is 82.1 cm³/mol. The van der Waals surface area contributed by atoms with Gasteiger partial charge in [0, 0.05) is 18.1 Å². The number of halogens is 1. The van der Waals surface area contributed by atoms with Crippen molar-refractivity contribution in [3.05, 3.63) is 22.7 Å². The average Bonchev–Trinajstić information content (AvgIpc) is 2.36. The first kappa shape index (κ1) is 16.8. The van der Waals surface area contributed by atoms with Crippen molar-refractivity contribution < 1.29 is 14.3 Å². The Labute approximate surface area is 126 Å². The molecule has 0 aromatic heterocycles. The van der Waals surface area contributed by atoms with Crippen LogP contribution in [0.25, 0.3) is 0 Å². The molecule has 1 aromatic carbocycles. The number of benzene rings is 1. The number of hydrogen-bond donors (Lipinski definition) is 0. The van der Waals surface area contributed by atoms with Gasteiger partial charge in [0.05, 0.1) is 19.2 Å². The topological polar surface area (TPSA) is 35.5 Å². The minimum Gasteiger partial charge on any atom is -0.493 e. The summed E-state index contributed by atoms with van der Waals surface area (Å²) in [4.78, 5) is 12.4. The van der Waals surface area contributed by atoms with Gasteiger partial charge in [0.15, 0.2) is 17.3 Å². The van der Waals surface area contributed by atoms with Gasteiger partial charge in [0.1, 0.15) is 0 Å². The second-order valence-corrected chi connectivity index (χ2v) is 6.49. The van der Waals surface area contributed by atoms with Crippen LogP contribution in [0.4, 0.5) is 0 Å². The summed E-state index contributed by atoms with van der Waals surface area (Å²) < 4.78 is 10.4. The Balaban J connectivity index is 3.05. The van der Waals surface area contributed by atoms with E-state index in [2.05, 4.69) is 27.7 Å². The normalized spacial score (nSPS) is 12.9. The van der Waals surface area contributed by atoms with Crippen LogP contribution in [0.15, 0.2) is 12.1 Å². The molecule has 1 aromatic rings. The SMILES string of the molecule is COc1cc(Cl)c(C(=O)CC(C)C(C)(C)C)cc1OC. The van der Waals surface area contributed by atoms with E-state index in [-0.39, 0.29) is 17.1 Å². The third-order valence-electron chi connectivity index (χ3n) is 3.74. The van der Waals surface area contributed by atoms with E-state index in [9.17, 15) is 4.79 Å². The predicted octanol–water partition coefficient (Wildman–Crippen LogP) is 4.61. The van der Waals surface area contributed by atoms with Crippen LogP contribution in [0.1, 0.15) is 44.5 Å². The zero-order valence-electron chi connectivity index (χ0n) is 13.0. The van der Waals surface area contributed by atoms with Crippen molar-refractivity contribution in [1.29, 1.82) is 0 Å². The van der Waals surface area contributed by atoms with Gasteiger partial charge >= 0.3 is 0 Å². The second-order valence-electron chi connectivity index (χ2n) is 6.08. The molecule has 0 bridgehead atoms. The van der Waals surface area contributed by atoms with Crippen molar-refractivity contribution in [1.82, 2.24) is 0 Å². The number of methoxy groups -OCH3 is 2. The second kappa shape index (κ2) is 6.49. The lowest BCUT2D eigenvalue weighted by molar-refractivity contribution is 0.0927. The fourth-order valence-corrected chi connectivity index (χ4v) is 2.02. The van der Waals surface area contributed by atoms with E-state index in [0.717, 1.165) is 0 Å². The van der Waals surface area contributed by atoms with E-state index in [1.54, 1.807) is 12.1 Å². The Bertz CT molecular complexity index is 489. The molecule has 0 saturated carbocycles. The smallest absolute Gasteiger partial charge is 0.164 e. The van der Waals surface area contributed by atoms with Crippen LogP contribution < -0.4 is 9.47 Å². The minimum atomic E-state index is 0.0263. The van der Waals surface area contributed by atoms with Crippen LogP contribution >= 0.6 is 11.6 Å². The molecule has 112 valence electrons. The molecule has 0 N–H and O–H groups in total. The Morgan fingerprint density at radius 1 is 1.20 bits per heavy atom. The van der Waals surface area contributed by atoms with Gasteiger partial charge in [-0.15, -0.1) is 0 Å². The lowest BCUT2D eigenvalue weighted by Crippen LogP contribution is -2.20. The fourth-order valence-electron chi connectivity index (χ4n) is 1.76. The lowest BCUT2D eigenvalue weighted by Gasteiger charge is -2.26. The van der Waals surface area contributed by atoms with E-state index < -0.39 is 0 Å². The van der Waals surface area contributed by atoms with E-state index in [1.165, 1.54) is 14.2 Å². The maximum atomic E-state index is 12.4. The third kappa shape index (κ3) is 3.89. The first-order chi connectivity index (χ1) is 9.20. The Hall–Kier alpha value is -1.22. The maximum Gasteiger partial charge on any atom is 0.164 e. The number of carbonyl (C=O) groups excluding carboxylic acids is 1. The maximum absolute atomic E-state index is 12.4. The molecule has 0 heterocycles. The largest absolute Gasteiger partial charge is 0.493 e. The molecule has 0 spiro atoms. The van der Waals surface area contributed by atoms with E-state index in [1.807, 2.05) is 0 Å². The number of ketones is 1. The van der Waals surface area contributed by atoms with Crippen molar-refractivity contribution in [3.63, 3.8) is 0 Å². The summed E-state index contributed by atoms with van der Waals surface area (Å²) in [5, 5.41) is 0.397. The van der Waals surface area contributed by atoms with Gasteiger partial charge in [-0.1, -0.05) is 39.3 Å². The number of ether oxygens (including phenoxy) is 2. The fraction of sp³-hybridized carbons (Fsp3) is 0.562. The molecule has 1 unspecified atom stereocenters. The Morgan fingerprint density at radius 2 is 1.70 bits per heavy atom. The quantitative estimate of drug-likeness (QED) is 0.745. The molecular formula is C16H23ClO3. The van der Waals surface area contributed by atoms with Crippen LogP contribution in [0.3, 0.4) is 0 Å². The van der Waals surface area contributed by atoms with Crippen molar-refractivity contribution in [2.75, 3.05) is 14.2 Å². The first-order valence-electron chi connectivity index (χ1n) is 6.65. The van der Waals surface area contributed by atoms with Crippen LogP contribution in [0, 0.1) is 11.3 Å². The van der Waals surface area contributed by atoms with Crippen molar-refractivity contribution >= 4 is 17.4 Å². The molecule has 1 rings (SSSR count). The summed E-state index contributed by atoms with van der Waals surface area (Å²) in [5.41, 5.74) is 0.569. The van der Waals surface area contributed by atoms with Crippen molar-refractivity contribution in [2.24, 2.45) is 11.3 Å². The number of Topliss-reactive ketones (excluding diaryl/α,β-unsaturated/α-hetero) is 1. The molecule has 3 nitrogen and oxygen atoms in total. The van der Waals surface area contributed by atoms with Crippen LogP contribution in [-0.4, -0.2) is 20.0 Å². The summed E-state index contributed by atoms with van der Waals surface area (Å²) in [6.07, 6.45) is 0.457. The van der Waals surface area contributed by atoms with Gasteiger partial charge in [-0.05, 0) is 17.4 Å². The summed E-state index contributed by atoms with van der Waals surface area (Å²) in [6, 6.07) is 3.27. The highest BCUT2D eigenvalue weighted by molar-refractivity contribution is 6.34. The molecule has 0 radical (unpaired) electrons. The highest BCUT2D eigenvalue weighted by atomic mass is 35.5. The molecule has 4 heteroatoms. The third-order valence-corrected chi connectivity index (χ3v) is 4.06. The number of carbonyl (C=O) groups is 1. The van der Waals surface area contributed by atoms with Crippen LogP contribution in [-0.2, 0) is 0 Å². The highest BCUT2D eigenvalue weighted by Gasteiger charge is 2.24. The molecule has 0 fully saturated rings. The van der Waals surface area contributed by atoms with E-state index in [0.29, 0.717) is 28.5 Å². The molecule has 0 aliphatic rings. The van der Waals surface area contributed by atoms with Crippen molar-refractivity contribution in [3.8, 4) is 11.5 Å². The first-order valence-corrected chi connectivity index (χ1v) is 7.03. The summed E-state index contributed by atoms with van der Waals surface area (Å²) >= 11 is 6.17. The molecular weight excluding hydrogens is 276 g/mol. The van der Waals surface area contributed by atoms with Gasteiger partial charge in [-0.3, -0.25) is 4.79 Å². The standard InChI is InChI=1S/C16H23ClO3/c1-10(16(2,3)4)7-13(18)11-8-14(19-5)15(20-6)9-12(11)17/h8-10H,7H2,1-6H3. The van der Waals surface area contributed by atoms with Crippen molar-refractivity contribution in [2.45, 2.75) is 34.1 Å². The highest BCUT2D eigenvalue weighted by Crippen LogP contribution is 2.35. The van der Waals surface area contributed by atoms with Gasteiger partial charge in [-0.25, -0.2) is 0 Å². The number of hydrogen-bond acceptors (Lipinski definition) is 3. The summed E-state index contributed by atoms with van der Waals surface area (Å²) in [6.45, 7) is 8.45. The van der Waals surface area contributed by atoms with E-state index >= 15 is 0 Å². The van der Waals surface area contributed by atoms with Gasteiger partial charge in [0.25, 0.3) is 0 Å². The molecule has 0 aliphatic carbocycles. The summed E-state index contributed by atoms with van der Waals surface area (Å²) in [5.74, 6) is 1.33. The molecule has 0 aliphatic heterocycles. The molecule has 1 atom stereocenters. The zero-order valence-corrected chi connectivity index (χ0v) is 13.8. The van der Waals surface area contributed by atoms with Gasteiger partial charge in [0.2, 0.25) is 0 Å². The van der Waals surface area contributed by atoms with Crippen LogP contribution in [0.5, 0.6) is 11.5 Å². The molecule has 20 heavy (non-hydrogen) atoms. The summed E-state index contributed by atoms with van der Waals surface area (Å²) in [7, 11) is 3.08. The average molecular weight is 299 g/mol. The van der Waals surface area contributed by atoms with Crippen LogP contribution in [0.2, 0.25) is 5.02 Å². The lowest BCUT2D eigenvalue weighted by atomic mass is 9.78. The Morgan fingerprint density at radius 3 is 2.15 bits per heavy atom. The number of rotatable bonds is 5. The van der Waals surface area contributed by atoms with Gasteiger partial charge < -0.3 is 9.47 Å². The molecule has 0 amide bonds. The monoisotopic (exact) mass is 298 g/mol. The Kier molecular flexibility index (Phi) is 5.46. The zero-order chi connectivity index (χ0) is 15.5. The van der Waals surface area contributed by atoms with E-state index in [4.69, 9.17) is 21.1 Å². The molecule has 0 saturated heterocycles. The minimum absolute atomic E-state index is 0.0263. The van der Waals surface area contributed by atoms with Gasteiger partial charge in [-0.2, -0.15) is 0 Å².